The number of esters is 1. The zero-order valence-electron chi connectivity index (χ0n) is 12.1. The van der Waals surface area contributed by atoms with Gasteiger partial charge in [0.2, 0.25) is 11.8 Å². The number of carbonyl (C=O) groups is 3. The molecule has 2 fully saturated rings. The Labute approximate surface area is 136 Å². The molecule has 7 heteroatoms. The third-order valence-corrected chi connectivity index (χ3v) is 4.85. The molecule has 0 radical (unpaired) electrons. The van der Waals surface area contributed by atoms with Crippen LogP contribution < -0.4 is 4.90 Å². The molecule has 4 rings (SSSR count). The Balaban J connectivity index is 1.73. The van der Waals surface area contributed by atoms with E-state index < -0.39 is 17.8 Å². The fraction of sp³-hybridized carbons (Fsp3) is 0.312. The van der Waals surface area contributed by atoms with Crippen LogP contribution in [0.4, 0.5) is 5.69 Å². The number of rotatable bonds is 2. The second kappa shape index (κ2) is 4.91. The molecule has 2 amide bonds. The summed E-state index contributed by atoms with van der Waals surface area (Å²) >= 11 is 5.98. The van der Waals surface area contributed by atoms with Gasteiger partial charge in [-0.2, -0.15) is 0 Å². The van der Waals surface area contributed by atoms with E-state index in [2.05, 4.69) is 4.74 Å². The van der Waals surface area contributed by atoms with Crippen LogP contribution in [0.15, 0.2) is 30.4 Å². The van der Waals surface area contributed by atoms with Crippen molar-refractivity contribution in [2.75, 3.05) is 12.0 Å². The average molecular weight is 334 g/mol. The number of halogens is 1. The Morgan fingerprint density at radius 1 is 1.17 bits per heavy atom. The van der Waals surface area contributed by atoms with Crippen molar-refractivity contribution >= 4 is 35.1 Å². The van der Waals surface area contributed by atoms with Gasteiger partial charge in [-0.15, -0.1) is 0 Å². The number of fused-ring (bicyclic) bond motifs is 5. The van der Waals surface area contributed by atoms with Crippen LogP contribution in [0.1, 0.15) is 10.4 Å². The molecule has 0 spiro atoms. The third-order valence-electron chi connectivity index (χ3n) is 4.52. The number of hydrogen-bond acceptors (Lipinski definition) is 5. The minimum Gasteiger partial charge on any atom is -0.465 e. The first-order chi connectivity index (χ1) is 11.0. The van der Waals surface area contributed by atoms with Crippen LogP contribution in [-0.2, 0) is 19.1 Å². The van der Waals surface area contributed by atoms with Gasteiger partial charge in [-0.3, -0.25) is 9.59 Å². The fourth-order valence-electron chi connectivity index (χ4n) is 3.48. The van der Waals surface area contributed by atoms with Gasteiger partial charge in [0.25, 0.3) is 0 Å². The molecule has 2 saturated heterocycles. The van der Waals surface area contributed by atoms with Crippen molar-refractivity contribution in [1.82, 2.24) is 0 Å². The number of hydrogen-bond donors (Lipinski definition) is 0. The largest absolute Gasteiger partial charge is 0.465 e. The van der Waals surface area contributed by atoms with E-state index in [1.165, 1.54) is 19.2 Å². The maximum atomic E-state index is 12.7. The summed E-state index contributed by atoms with van der Waals surface area (Å²) in [4.78, 5) is 38.2. The summed E-state index contributed by atoms with van der Waals surface area (Å²) in [6.45, 7) is 0. The van der Waals surface area contributed by atoms with E-state index in [0.717, 1.165) is 4.90 Å². The predicted molar refractivity (Wildman–Crippen MR) is 80.1 cm³/mol. The molecule has 118 valence electrons. The number of carbonyl (C=O) groups excluding carboxylic acids is 3. The SMILES string of the molecule is COC(=O)c1cc(N2C(=O)[C@@H]3[C@@H](C2=O)[C@H]2C=C[C@@H]3O2)ccc1Cl. The molecule has 6 nitrogen and oxygen atoms in total. The normalized spacial score (nSPS) is 31.0. The van der Waals surface area contributed by atoms with Crippen LogP contribution in [0, 0.1) is 11.8 Å². The summed E-state index contributed by atoms with van der Waals surface area (Å²) in [5, 5.41) is 0.199. The minimum absolute atomic E-state index is 0.113. The summed E-state index contributed by atoms with van der Waals surface area (Å²) in [5.74, 6) is -2.23. The van der Waals surface area contributed by atoms with Gasteiger partial charge < -0.3 is 9.47 Å². The molecule has 2 bridgehead atoms. The van der Waals surface area contributed by atoms with Gasteiger partial charge >= 0.3 is 5.97 Å². The first-order valence-corrected chi connectivity index (χ1v) is 7.50. The van der Waals surface area contributed by atoms with Crippen LogP contribution in [0.2, 0.25) is 5.02 Å². The summed E-state index contributed by atoms with van der Waals surface area (Å²) in [6, 6.07) is 4.42. The average Bonchev–Trinajstić information content (AvgIpc) is 3.22. The van der Waals surface area contributed by atoms with Crippen LogP contribution in [0.3, 0.4) is 0 Å². The molecular formula is C16H12ClNO5. The number of ether oxygens (including phenoxy) is 2. The molecule has 0 aromatic heterocycles. The Morgan fingerprint density at radius 2 is 1.78 bits per heavy atom. The lowest BCUT2D eigenvalue weighted by Crippen LogP contribution is -2.34. The van der Waals surface area contributed by atoms with Crippen molar-refractivity contribution < 1.29 is 23.9 Å². The fourth-order valence-corrected chi connectivity index (χ4v) is 3.67. The first kappa shape index (κ1) is 14.4. The van der Waals surface area contributed by atoms with Crippen molar-refractivity contribution in [3.05, 3.63) is 40.9 Å². The Hall–Kier alpha value is -2.18. The summed E-state index contributed by atoms with van der Waals surface area (Å²) in [5.41, 5.74) is 0.431. The summed E-state index contributed by atoms with van der Waals surface area (Å²) < 4.78 is 10.3. The summed E-state index contributed by atoms with van der Waals surface area (Å²) in [7, 11) is 1.24. The lowest BCUT2D eigenvalue weighted by Gasteiger charge is -2.18. The van der Waals surface area contributed by atoms with E-state index in [0.29, 0.717) is 5.69 Å². The smallest absolute Gasteiger partial charge is 0.339 e. The molecule has 0 N–H and O–H groups in total. The molecule has 0 aliphatic carbocycles. The van der Waals surface area contributed by atoms with Crippen molar-refractivity contribution in [2.45, 2.75) is 12.2 Å². The Kier molecular flexibility index (Phi) is 3.08. The van der Waals surface area contributed by atoms with Gasteiger partial charge in [0.05, 0.1) is 47.4 Å². The van der Waals surface area contributed by atoms with E-state index in [-0.39, 0.29) is 34.6 Å². The molecule has 0 unspecified atom stereocenters. The molecule has 1 aromatic rings. The minimum atomic E-state index is -0.624. The molecule has 3 aliphatic rings. The van der Waals surface area contributed by atoms with Crippen molar-refractivity contribution in [1.29, 1.82) is 0 Å². The first-order valence-electron chi connectivity index (χ1n) is 7.12. The van der Waals surface area contributed by atoms with Gasteiger partial charge in [-0.1, -0.05) is 23.8 Å². The number of anilines is 1. The number of imide groups is 1. The van der Waals surface area contributed by atoms with Crippen molar-refractivity contribution in [2.24, 2.45) is 11.8 Å². The van der Waals surface area contributed by atoms with Crippen LogP contribution in [0.25, 0.3) is 0 Å². The van der Waals surface area contributed by atoms with E-state index in [1.54, 1.807) is 6.07 Å². The molecule has 1 aromatic carbocycles. The molecule has 4 atom stereocenters. The predicted octanol–water partition coefficient (Wildman–Crippen LogP) is 1.57. The van der Waals surface area contributed by atoms with Crippen molar-refractivity contribution in [3.8, 4) is 0 Å². The number of benzene rings is 1. The lowest BCUT2D eigenvalue weighted by atomic mass is 9.85. The maximum Gasteiger partial charge on any atom is 0.339 e. The Bertz CT molecular complexity index is 744. The van der Waals surface area contributed by atoms with Gasteiger partial charge in [-0.05, 0) is 18.2 Å². The highest BCUT2D eigenvalue weighted by Crippen LogP contribution is 2.46. The molecular weight excluding hydrogens is 322 g/mol. The van der Waals surface area contributed by atoms with Crippen LogP contribution in [-0.4, -0.2) is 37.1 Å². The number of nitrogens with zero attached hydrogens (tertiary/aromatic N) is 1. The Morgan fingerprint density at radius 3 is 2.35 bits per heavy atom. The highest BCUT2D eigenvalue weighted by molar-refractivity contribution is 6.34. The van der Waals surface area contributed by atoms with Crippen LogP contribution >= 0.6 is 11.6 Å². The molecule has 3 aliphatic heterocycles. The van der Waals surface area contributed by atoms with E-state index >= 15 is 0 Å². The standard InChI is InChI=1S/C16H12ClNO5/c1-22-16(21)8-6-7(2-3-9(8)17)18-14(19)12-10-4-5-11(23-10)13(12)15(18)20/h2-6,10-13H,1H3/t10-,11+,12-,13-/m0/s1. The zero-order chi connectivity index (χ0) is 16.3. The molecule has 23 heavy (non-hydrogen) atoms. The van der Waals surface area contributed by atoms with Gasteiger partial charge in [0.15, 0.2) is 0 Å². The maximum absolute atomic E-state index is 12.7. The van der Waals surface area contributed by atoms with E-state index in [1.807, 2.05) is 12.2 Å². The van der Waals surface area contributed by atoms with Gasteiger partial charge in [0, 0.05) is 0 Å². The van der Waals surface area contributed by atoms with E-state index in [9.17, 15) is 14.4 Å². The molecule has 3 heterocycles. The van der Waals surface area contributed by atoms with E-state index in [4.69, 9.17) is 16.3 Å². The van der Waals surface area contributed by atoms with Crippen molar-refractivity contribution in [3.63, 3.8) is 0 Å². The zero-order valence-corrected chi connectivity index (χ0v) is 12.8. The number of methoxy groups -OCH3 is 1. The molecule has 0 saturated carbocycles. The lowest BCUT2D eigenvalue weighted by molar-refractivity contribution is -0.124. The second-order valence-corrected chi connectivity index (χ2v) is 6.08. The third kappa shape index (κ3) is 1.88. The van der Waals surface area contributed by atoms with Crippen LogP contribution in [0.5, 0.6) is 0 Å². The highest BCUT2D eigenvalue weighted by Gasteiger charge is 2.61. The van der Waals surface area contributed by atoms with Gasteiger partial charge in [-0.25, -0.2) is 9.69 Å². The topological polar surface area (TPSA) is 72.9 Å². The quantitative estimate of drug-likeness (QED) is 0.466. The second-order valence-electron chi connectivity index (χ2n) is 5.67. The summed E-state index contributed by atoms with van der Waals surface area (Å²) in [6.07, 6.45) is 2.95. The van der Waals surface area contributed by atoms with Gasteiger partial charge in [0.1, 0.15) is 0 Å². The monoisotopic (exact) mass is 333 g/mol. The highest BCUT2D eigenvalue weighted by atomic mass is 35.5. The number of amides is 2.